The zero-order chi connectivity index (χ0) is 12.6. The first kappa shape index (κ1) is 13.5. The second kappa shape index (κ2) is 7.46. The first-order chi connectivity index (χ1) is 8.84. The van der Waals surface area contributed by atoms with Gasteiger partial charge in [-0.1, -0.05) is 6.07 Å². The maximum absolute atomic E-state index is 5.33. The monoisotopic (exact) mass is 249 g/mol. The molecule has 0 spiro atoms. The number of aryl methyl sites for hydroxylation is 1. The van der Waals surface area contributed by atoms with Crippen molar-refractivity contribution in [3.63, 3.8) is 0 Å². The van der Waals surface area contributed by atoms with Crippen LogP contribution in [-0.2, 0) is 11.3 Å². The molecular weight excluding hydrogens is 226 g/mol. The number of nitrogens with zero attached hydrogens (tertiary/aromatic N) is 2. The summed E-state index contributed by atoms with van der Waals surface area (Å²) in [7, 11) is 0. The summed E-state index contributed by atoms with van der Waals surface area (Å²) in [4.78, 5) is 6.84. The van der Waals surface area contributed by atoms with Gasteiger partial charge in [0.1, 0.15) is 0 Å². The molecule has 0 aliphatic carbocycles. The van der Waals surface area contributed by atoms with Gasteiger partial charge in [-0.2, -0.15) is 0 Å². The van der Waals surface area contributed by atoms with Crippen molar-refractivity contribution in [1.29, 1.82) is 0 Å². The minimum Gasteiger partial charge on any atom is -0.379 e. The van der Waals surface area contributed by atoms with Crippen molar-refractivity contribution in [3.05, 3.63) is 29.6 Å². The Bertz CT molecular complexity index is 333. The SMILES string of the molecule is Cc1ccc(CNCCCN2CCOCC2)nc1. The van der Waals surface area contributed by atoms with E-state index in [9.17, 15) is 0 Å². The molecule has 1 aliphatic heterocycles. The molecule has 4 heteroatoms. The lowest BCUT2D eigenvalue weighted by atomic mass is 10.2. The Morgan fingerprint density at radius 2 is 2.17 bits per heavy atom. The van der Waals surface area contributed by atoms with Crippen LogP contribution in [0.3, 0.4) is 0 Å². The third-order valence-electron chi connectivity index (χ3n) is 3.21. The number of aromatic nitrogens is 1. The van der Waals surface area contributed by atoms with E-state index in [1.165, 1.54) is 12.0 Å². The molecule has 1 aromatic rings. The molecule has 0 saturated carbocycles. The second-order valence-electron chi connectivity index (χ2n) is 4.81. The Balaban J connectivity index is 1.54. The maximum Gasteiger partial charge on any atom is 0.0594 e. The highest BCUT2D eigenvalue weighted by molar-refractivity contribution is 5.11. The number of hydrogen-bond acceptors (Lipinski definition) is 4. The molecule has 0 atom stereocenters. The summed E-state index contributed by atoms with van der Waals surface area (Å²) < 4.78 is 5.33. The van der Waals surface area contributed by atoms with E-state index in [2.05, 4.69) is 34.3 Å². The number of rotatable bonds is 6. The van der Waals surface area contributed by atoms with Crippen LogP contribution >= 0.6 is 0 Å². The van der Waals surface area contributed by atoms with Gasteiger partial charge in [-0.05, 0) is 38.1 Å². The highest BCUT2D eigenvalue weighted by Gasteiger charge is 2.08. The molecule has 2 rings (SSSR count). The third-order valence-corrected chi connectivity index (χ3v) is 3.21. The Morgan fingerprint density at radius 3 is 2.89 bits per heavy atom. The molecule has 18 heavy (non-hydrogen) atoms. The predicted octanol–water partition coefficient (Wildman–Crippen LogP) is 1.20. The topological polar surface area (TPSA) is 37.4 Å². The summed E-state index contributed by atoms with van der Waals surface area (Å²) in [6.07, 6.45) is 3.11. The fourth-order valence-electron chi connectivity index (χ4n) is 2.07. The molecule has 0 aromatic carbocycles. The zero-order valence-corrected chi connectivity index (χ0v) is 11.2. The van der Waals surface area contributed by atoms with E-state index < -0.39 is 0 Å². The summed E-state index contributed by atoms with van der Waals surface area (Å²) in [6, 6.07) is 4.20. The van der Waals surface area contributed by atoms with Crippen molar-refractivity contribution in [2.24, 2.45) is 0 Å². The summed E-state index contributed by atoms with van der Waals surface area (Å²) in [5.74, 6) is 0. The van der Waals surface area contributed by atoms with Gasteiger partial charge < -0.3 is 10.1 Å². The van der Waals surface area contributed by atoms with Crippen LogP contribution in [-0.4, -0.2) is 49.3 Å². The van der Waals surface area contributed by atoms with E-state index in [-0.39, 0.29) is 0 Å². The van der Waals surface area contributed by atoms with Crippen LogP contribution in [0.25, 0.3) is 0 Å². The number of ether oxygens (including phenoxy) is 1. The lowest BCUT2D eigenvalue weighted by Crippen LogP contribution is -2.37. The maximum atomic E-state index is 5.33. The molecule has 1 N–H and O–H groups in total. The van der Waals surface area contributed by atoms with Crippen molar-refractivity contribution in [2.75, 3.05) is 39.4 Å². The lowest BCUT2D eigenvalue weighted by Gasteiger charge is -2.26. The summed E-state index contributed by atoms with van der Waals surface area (Å²) in [5.41, 5.74) is 2.33. The largest absolute Gasteiger partial charge is 0.379 e. The van der Waals surface area contributed by atoms with E-state index in [1.807, 2.05) is 6.20 Å². The van der Waals surface area contributed by atoms with Crippen molar-refractivity contribution >= 4 is 0 Å². The highest BCUT2D eigenvalue weighted by Crippen LogP contribution is 1.99. The predicted molar refractivity (Wildman–Crippen MR) is 72.6 cm³/mol. The van der Waals surface area contributed by atoms with E-state index in [1.54, 1.807) is 0 Å². The molecule has 0 amide bonds. The van der Waals surface area contributed by atoms with Crippen LogP contribution in [0.5, 0.6) is 0 Å². The Morgan fingerprint density at radius 1 is 1.33 bits per heavy atom. The molecular formula is C14H23N3O. The van der Waals surface area contributed by atoms with Gasteiger partial charge in [0.2, 0.25) is 0 Å². The van der Waals surface area contributed by atoms with Gasteiger partial charge in [-0.25, -0.2) is 0 Å². The number of hydrogen-bond donors (Lipinski definition) is 1. The Hall–Kier alpha value is -0.970. The minimum absolute atomic E-state index is 0.864. The first-order valence-corrected chi connectivity index (χ1v) is 6.77. The molecule has 2 heterocycles. The van der Waals surface area contributed by atoms with Gasteiger partial charge in [0.15, 0.2) is 0 Å². The molecule has 1 fully saturated rings. The molecule has 1 aromatic heterocycles. The molecule has 4 nitrogen and oxygen atoms in total. The molecule has 1 aliphatic rings. The van der Waals surface area contributed by atoms with Gasteiger partial charge in [0, 0.05) is 25.8 Å². The summed E-state index contributed by atoms with van der Waals surface area (Å²) >= 11 is 0. The van der Waals surface area contributed by atoms with E-state index >= 15 is 0 Å². The highest BCUT2D eigenvalue weighted by atomic mass is 16.5. The second-order valence-corrected chi connectivity index (χ2v) is 4.81. The normalized spacial score (nSPS) is 16.9. The van der Waals surface area contributed by atoms with Crippen molar-refractivity contribution < 1.29 is 4.74 Å². The van der Waals surface area contributed by atoms with Crippen LogP contribution < -0.4 is 5.32 Å². The average Bonchev–Trinajstić information content (AvgIpc) is 2.42. The number of pyridine rings is 1. The molecule has 0 bridgehead atoms. The average molecular weight is 249 g/mol. The Kier molecular flexibility index (Phi) is 5.58. The van der Waals surface area contributed by atoms with E-state index in [4.69, 9.17) is 4.74 Å². The van der Waals surface area contributed by atoms with Crippen molar-refractivity contribution in [1.82, 2.24) is 15.2 Å². The van der Waals surface area contributed by atoms with Gasteiger partial charge >= 0.3 is 0 Å². The van der Waals surface area contributed by atoms with Crippen LogP contribution in [0.4, 0.5) is 0 Å². The van der Waals surface area contributed by atoms with Crippen LogP contribution in [0.1, 0.15) is 17.7 Å². The van der Waals surface area contributed by atoms with E-state index in [0.717, 1.165) is 51.6 Å². The molecule has 100 valence electrons. The van der Waals surface area contributed by atoms with Crippen molar-refractivity contribution in [3.8, 4) is 0 Å². The van der Waals surface area contributed by atoms with Gasteiger partial charge in [-0.3, -0.25) is 9.88 Å². The molecule has 1 saturated heterocycles. The lowest BCUT2D eigenvalue weighted by molar-refractivity contribution is 0.0374. The van der Waals surface area contributed by atoms with Crippen LogP contribution in [0, 0.1) is 6.92 Å². The van der Waals surface area contributed by atoms with Crippen LogP contribution in [0.2, 0.25) is 0 Å². The van der Waals surface area contributed by atoms with Crippen LogP contribution in [0.15, 0.2) is 18.3 Å². The summed E-state index contributed by atoms with van der Waals surface area (Å²) in [5, 5.41) is 3.44. The van der Waals surface area contributed by atoms with Crippen molar-refractivity contribution in [2.45, 2.75) is 19.9 Å². The first-order valence-electron chi connectivity index (χ1n) is 6.77. The minimum atomic E-state index is 0.864. The molecule has 0 radical (unpaired) electrons. The van der Waals surface area contributed by atoms with Gasteiger partial charge in [0.25, 0.3) is 0 Å². The van der Waals surface area contributed by atoms with Gasteiger partial charge in [-0.15, -0.1) is 0 Å². The number of morpholine rings is 1. The quantitative estimate of drug-likeness (QED) is 0.769. The molecule has 0 unspecified atom stereocenters. The number of nitrogens with one attached hydrogen (secondary N) is 1. The third kappa shape index (κ3) is 4.72. The zero-order valence-electron chi connectivity index (χ0n) is 11.2. The smallest absolute Gasteiger partial charge is 0.0594 e. The van der Waals surface area contributed by atoms with Gasteiger partial charge in [0.05, 0.1) is 18.9 Å². The Labute approximate surface area is 109 Å². The van der Waals surface area contributed by atoms with E-state index in [0.29, 0.717) is 0 Å². The fourth-order valence-corrected chi connectivity index (χ4v) is 2.07. The summed E-state index contributed by atoms with van der Waals surface area (Å²) in [6.45, 7) is 9.08. The standard InChI is InChI=1S/C14H23N3O/c1-13-3-4-14(16-11-13)12-15-5-2-6-17-7-9-18-10-8-17/h3-4,11,15H,2,5-10,12H2,1H3. The fraction of sp³-hybridized carbons (Fsp3) is 0.643.